The number of nitrogens with one attached hydrogen (secondary N) is 2. The van der Waals surface area contributed by atoms with Crippen LogP contribution in [0, 0.1) is 0 Å². The Bertz CT molecular complexity index is 564. The summed E-state index contributed by atoms with van der Waals surface area (Å²) in [5.41, 5.74) is 1.41. The van der Waals surface area contributed by atoms with Gasteiger partial charge in [0.05, 0.1) is 11.9 Å². The predicted molar refractivity (Wildman–Crippen MR) is 77.2 cm³/mol. The van der Waals surface area contributed by atoms with Crippen LogP contribution in [0.5, 0.6) is 5.75 Å². The molecule has 20 heavy (non-hydrogen) atoms. The third-order valence-electron chi connectivity index (χ3n) is 2.26. The number of aromatic nitrogens is 1. The summed E-state index contributed by atoms with van der Waals surface area (Å²) in [5.74, 6) is 0.0942. The number of hydrogen-bond donors (Lipinski definition) is 2. The zero-order valence-electron chi connectivity index (χ0n) is 10.2. The van der Waals surface area contributed by atoms with Crippen LogP contribution >= 0.6 is 12.2 Å². The Kier molecular flexibility index (Phi) is 4.78. The molecule has 0 aliphatic rings. The van der Waals surface area contributed by atoms with Gasteiger partial charge in [-0.2, -0.15) is 8.78 Å². The van der Waals surface area contributed by atoms with E-state index in [0.29, 0.717) is 10.8 Å². The molecule has 0 saturated heterocycles. The number of ether oxygens (including phenoxy) is 1. The van der Waals surface area contributed by atoms with Gasteiger partial charge in [0.25, 0.3) is 0 Å². The van der Waals surface area contributed by atoms with E-state index in [1.165, 1.54) is 12.1 Å². The quantitative estimate of drug-likeness (QED) is 0.845. The van der Waals surface area contributed by atoms with Crippen molar-refractivity contribution < 1.29 is 13.5 Å². The van der Waals surface area contributed by atoms with Gasteiger partial charge in [-0.25, -0.2) is 0 Å². The normalized spacial score (nSPS) is 10.2. The zero-order chi connectivity index (χ0) is 14.4. The average molecular weight is 295 g/mol. The number of hydrogen-bond acceptors (Lipinski definition) is 3. The summed E-state index contributed by atoms with van der Waals surface area (Å²) in [4.78, 5) is 3.95. The van der Waals surface area contributed by atoms with Gasteiger partial charge in [0.2, 0.25) is 0 Å². The number of rotatable bonds is 4. The predicted octanol–water partition coefficient (Wildman–Crippen LogP) is 3.49. The summed E-state index contributed by atoms with van der Waals surface area (Å²) < 4.78 is 28.2. The third kappa shape index (κ3) is 4.43. The molecule has 0 radical (unpaired) electrons. The van der Waals surface area contributed by atoms with Crippen LogP contribution in [0.1, 0.15) is 0 Å². The Morgan fingerprint density at radius 2 is 1.80 bits per heavy atom. The SMILES string of the molecule is FC(F)Oc1ccc(NC(=S)Nc2cccnc2)cc1. The number of benzene rings is 1. The molecule has 1 heterocycles. The largest absolute Gasteiger partial charge is 0.435 e. The molecular formula is C13H11F2N3OS. The van der Waals surface area contributed by atoms with Crippen molar-refractivity contribution in [3.05, 3.63) is 48.8 Å². The van der Waals surface area contributed by atoms with Crippen molar-refractivity contribution in [2.75, 3.05) is 10.6 Å². The van der Waals surface area contributed by atoms with Gasteiger partial charge in [0, 0.05) is 11.9 Å². The third-order valence-corrected chi connectivity index (χ3v) is 2.46. The molecule has 0 atom stereocenters. The maximum absolute atomic E-state index is 12.0. The number of nitrogens with zero attached hydrogens (tertiary/aromatic N) is 1. The van der Waals surface area contributed by atoms with Crippen molar-refractivity contribution >= 4 is 28.7 Å². The number of halogens is 2. The minimum absolute atomic E-state index is 0.0942. The molecule has 1 aromatic heterocycles. The fraction of sp³-hybridized carbons (Fsp3) is 0.0769. The summed E-state index contributed by atoms with van der Waals surface area (Å²) in [5, 5.41) is 6.24. The molecule has 2 aromatic rings. The number of alkyl halides is 2. The van der Waals surface area contributed by atoms with E-state index in [1.54, 1.807) is 30.6 Å². The molecule has 2 rings (SSSR count). The van der Waals surface area contributed by atoms with Crippen molar-refractivity contribution in [3.8, 4) is 5.75 Å². The van der Waals surface area contributed by atoms with Crippen LogP contribution in [0.3, 0.4) is 0 Å². The Hall–Kier alpha value is -2.28. The number of thiocarbonyl (C=S) groups is 1. The van der Waals surface area contributed by atoms with Crippen LogP contribution in [0.4, 0.5) is 20.2 Å². The fourth-order valence-corrected chi connectivity index (χ4v) is 1.69. The molecule has 4 nitrogen and oxygen atoms in total. The van der Waals surface area contributed by atoms with Gasteiger partial charge in [0.15, 0.2) is 5.11 Å². The summed E-state index contributed by atoms with van der Waals surface area (Å²) in [6, 6.07) is 9.65. The molecule has 104 valence electrons. The summed E-state index contributed by atoms with van der Waals surface area (Å²) in [7, 11) is 0. The van der Waals surface area contributed by atoms with Crippen molar-refractivity contribution in [3.63, 3.8) is 0 Å². The van der Waals surface area contributed by atoms with Crippen LogP contribution in [0.15, 0.2) is 48.8 Å². The van der Waals surface area contributed by atoms with Gasteiger partial charge in [-0.3, -0.25) is 4.98 Å². The highest BCUT2D eigenvalue weighted by Crippen LogP contribution is 2.17. The maximum Gasteiger partial charge on any atom is 0.387 e. The van der Waals surface area contributed by atoms with Crippen molar-refractivity contribution in [2.24, 2.45) is 0 Å². The van der Waals surface area contributed by atoms with Crippen molar-refractivity contribution in [1.82, 2.24) is 4.98 Å². The lowest BCUT2D eigenvalue weighted by Gasteiger charge is -2.11. The molecule has 0 saturated carbocycles. The smallest absolute Gasteiger partial charge is 0.387 e. The van der Waals surface area contributed by atoms with Gasteiger partial charge >= 0.3 is 6.61 Å². The van der Waals surface area contributed by atoms with E-state index in [1.807, 2.05) is 6.07 Å². The van der Waals surface area contributed by atoms with Crippen LogP contribution in [-0.2, 0) is 0 Å². The standard InChI is InChI=1S/C13H11F2N3OS/c14-12(15)19-11-5-3-9(4-6-11)17-13(20)18-10-2-1-7-16-8-10/h1-8,12H,(H2,17,18,20). The zero-order valence-corrected chi connectivity index (χ0v) is 11.0. The lowest BCUT2D eigenvalue weighted by atomic mass is 10.3. The highest BCUT2D eigenvalue weighted by Gasteiger charge is 2.04. The molecule has 1 aromatic carbocycles. The Morgan fingerprint density at radius 3 is 2.40 bits per heavy atom. The first-order valence-corrected chi connectivity index (χ1v) is 6.07. The highest BCUT2D eigenvalue weighted by atomic mass is 32.1. The summed E-state index contributed by atoms with van der Waals surface area (Å²) in [6.45, 7) is -2.83. The lowest BCUT2D eigenvalue weighted by Crippen LogP contribution is -2.19. The number of pyridine rings is 1. The summed E-state index contributed by atoms with van der Waals surface area (Å²) >= 11 is 5.12. The van der Waals surface area contributed by atoms with E-state index in [2.05, 4.69) is 20.4 Å². The molecule has 0 fully saturated rings. The van der Waals surface area contributed by atoms with Gasteiger partial charge < -0.3 is 15.4 Å². The molecule has 2 N–H and O–H groups in total. The van der Waals surface area contributed by atoms with Gasteiger partial charge in [0.1, 0.15) is 5.75 Å². The summed E-state index contributed by atoms with van der Waals surface area (Å²) in [6.07, 6.45) is 3.29. The molecule has 0 aliphatic carbocycles. The van der Waals surface area contributed by atoms with Gasteiger partial charge in [-0.1, -0.05) is 0 Å². The van der Waals surface area contributed by atoms with Crippen LogP contribution in [0.2, 0.25) is 0 Å². The van der Waals surface area contributed by atoms with Crippen molar-refractivity contribution in [1.29, 1.82) is 0 Å². The van der Waals surface area contributed by atoms with E-state index >= 15 is 0 Å². The average Bonchev–Trinajstić information content (AvgIpc) is 2.41. The van der Waals surface area contributed by atoms with Gasteiger partial charge in [-0.05, 0) is 48.6 Å². The van der Waals surface area contributed by atoms with E-state index in [-0.39, 0.29) is 5.75 Å². The van der Waals surface area contributed by atoms with Crippen LogP contribution < -0.4 is 15.4 Å². The Balaban J connectivity index is 1.91. The number of anilines is 2. The maximum atomic E-state index is 12.0. The van der Waals surface area contributed by atoms with E-state index in [0.717, 1.165) is 5.69 Å². The topological polar surface area (TPSA) is 46.2 Å². The van der Waals surface area contributed by atoms with E-state index in [9.17, 15) is 8.78 Å². The second-order valence-electron chi connectivity index (χ2n) is 3.72. The molecule has 7 heteroatoms. The molecule has 0 amide bonds. The van der Waals surface area contributed by atoms with Crippen molar-refractivity contribution in [2.45, 2.75) is 6.61 Å². The van der Waals surface area contributed by atoms with Crippen LogP contribution in [-0.4, -0.2) is 16.7 Å². The molecular weight excluding hydrogens is 284 g/mol. The van der Waals surface area contributed by atoms with Crippen LogP contribution in [0.25, 0.3) is 0 Å². The second kappa shape index (κ2) is 6.76. The monoisotopic (exact) mass is 295 g/mol. The first-order valence-electron chi connectivity index (χ1n) is 5.66. The first kappa shape index (κ1) is 14.1. The van der Waals surface area contributed by atoms with Gasteiger partial charge in [-0.15, -0.1) is 0 Å². The molecule has 0 spiro atoms. The lowest BCUT2D eigenvalue weighted by molar-refractivity contribution is -0.0498. The molecule has 0 aliphatic heterocycles. The molecule has 0 unspecified atom stereocenters. The van der Waals surface area contributed by atoms with E-state index < -0.39 is 6.61 Å². The molecule has 0 bridgehead atoms. The fourth-order valence-electron chi connectivity index (χ4n) is 1.45. The Morgan fingerprint density at radius 1 is 1.10 bits per heavy atom. The second-order valence-corrected chi connectivity index (χ2v) is 4.13. The first-order chi connectivity index (χ1) is 9.63. The van der Waals surface area contributed by atoms with E-state index in [4.69, 9.17) is 12.2 Å². The minimum Gasteiger partial charge on any atom is -0.435 e. The Labute approximate surface area is 119 Å². The highest BCUT2D eigenvalue weighted by molar-refractivity contribution is 7.80. The minimum atomic E-state index is -2.83.